The zero-order valence-corrected chi connectivity index (χ0v) is 12.4. The van der Waals surface area contributed by atoms with Gasteiger partial charge in [-0.15, -0.1) is 0 Å². The summed E-state index contributed by atoms with van der Waals surface area (Å²) in [6.07, 6.45) is 4.72. The number of rotatable bonds is 2. The molecule has 0 amide bonds. The van der Waals surface area contributed by atoms with Crippen LogP contribution in [0.4, 0.5) is 5.69 Å². The van der Waals surface area contributed by atoms with Gasteiger partial charge >= 0.3 is 0 Å². The molecule has 1 aliphatic rings. The SMILES string of the molecule is Cc1cccc(NC(=S)N/N=C2/CCC[C@@H](C)C2)c1. The second-order valence-electron chi connectivity index (χ2n) is 5.31. The molecule has 3 nitrogen and oxygen atoms in total. The van der Waals surface area contributed by atoms with Crippen LogP contribution in [0.15, 0.2) is 29.4 Å². The third-order valence-electron chi connectivity index (χ3n) is 3.34. The van der Waals surface area contributed by atoms with Gasteiger partial charge in [-0.05, 0) is 68.4 Å². The van der Waals surface area contributed by atoms with Gasteiger partial charge in [0.2, 0.25) is 0 Å². The van der Waals surface area contributed by atoms with Gasteiger partial charge in [0.25, 0.3) is 0 Å². The van der Waals surface area contributed by atoms with E-state index in [1.807, 2.05) is 12.1 Å². The number of hydrogen-bond acceptors (Lipinski definition) is 2. The number of anilines is 1. The molecule has 0 saturated heterocycles. The molecular formula is C15H21N3S. The zero-order valence-electron chi connectivity index (χ0n) is 11.6. The van der Waals surface area contributed by atoms with Gasteiger partial charge in [-0.25, -0.2) is 0 Å². The number of nitrogens with zero attached hydrogens (tertiary/aromatic N) is 1. The highest BCUT2D eigenvalue weighted by atomic mass is 32.1. The van der Waals surface area contributed by atoms with Crippen molar-refractivity contribution < 1.29 is 0 Å². The van der Waals surface area contributed by atoms with Crippen LogP contribution in [-0.4, -0.2) is 10.8 Å². The summed E-state index contributed by atoms with van der Waals surface area (Å²) in [5.74, 6) is 0.743. The molecule has 0 spiro atoms. The molecule has 0 aliphatic heterocycles. The summed E-state index contributed by atoms with van der Waals surface area (Å²) in [6, 6.07) is 8.13. The van der Waals surface area contributed by atoms with Crippen LogP contribution in [0, 0.1) is 12.8 Å². The summed E-state index contributed by atoms with van der Waals surface area (Å²) in [4.78, 5) is 0. The van der Waals surface area contributed by atoms with Gasteiger partial charge in [0, 0.05) is 11.4 Å². The molecule has 1 aromatic rings. The molecule has 1 fully saturated rings. The van der Waals surface area contributed by atoms with Gasteiger partial charge in [-0.2, -0.15) is 5.10 Å². The highest BCUT2D eigenvalue weighted by Gasteiger charge is 2.13. The summed E-state index contributed by atoms with van der Waals surface area (Å²) >= 11 is 5.25. The number of aryl methyl sites for hydroxylation is 1. The molecule has 0 bridgehead atoms. The van der Waals surface area contributed by atoms with E-state index in [0.717, 1.165) is 24.4 Å². The molecule has 0 unspecified atom stereocenters. The van der Waals surface area contributed by atoms with E-state index in [2.05, 4.69) is 41.8 Å². The first-order chi connectivity index (χ1) is 9.13. The Labute approximate surface area is 120 Å². The van der Waals surface area contributed by atoms with E-state index in [-0.39, 0.29) is 0 Å². The van der Waals surface area contributed by atoms with E-state index in [9.17, 15) is 0 Å². The molecule has 19 heavy (non-hydrogen) atoms. The molecule has 102 valence electrons. The summed E-state index contributed by atoms with van der Waals surface area (Å²) in [5.41, 5.74) is 6.38. The quantitative estimate of drug-likeness (QED) is 0.636. The molecule has 0 heterocycles. The normalized spacial score (nSPS) is 21.2. The van der Waals surface area contributed by atoms with Crippen molar-refractivity contribution in [3.05, 3.63) is 29.8 Å². The molecule has 1 saturated carbocycles. The first-order valence-electron chi connectivity index (χ1n) is 6.82. The van der Waals surface area contributed by atoms with E-state index in [1.54, 1.807) is 0 Å². The third-order valence-corrected chi connectivity index (χ3v) is 3.53. The highest BCUT2D eigenvalue weighted by Crippen LogP contribution is 2.20. The molecular weight excluding hydrogens is 254 g/mol. The number of nitrogens with one attached hydrogen (secondary N) is 2. The lowest BCUT2D eigenvalue weighted by Crippen LogP contribution is -2.26. The Kier molecular flexibility index (Phi) is 4.91. The predicted octanol–water partition coefficient (Wildman–Crippen LogP) is 3.85. The lowest BCUT2D eigenvalue weighted by Gasteiger charge is -2.19. The summed E-state index contributed by atoms with van der Waals surface area (Å²) in [7, 11) is 0. The van der Waals surface area contributed by atoms with Gasteiger partial charge in [0.1, 0.15) is 0 Å². The Hall–Kier alpha value is -1.42. The Balaban J connectivity index is 1.86. The van der Waals surface area contributed by atoms with E-state index in [1.165, 1.54) is 24.1 Å². The van der Waals surface area contributed by atoms with Crippen molar-refractivity contribution in [1.82, 2.24) is 5.43 Å². The fourth-order valence-corrected chi connectivity index (χ4v) is 2.54. The molecule has 4 heteroatoms. The molecule has 2 N–H and O–H groups in total. The molecule has 2 rings (SSSR count). The van der Waals surface area contributed by atoms with Crippen LogP contribution in [0.5, 0.6) is 0 Å². The Morgan fingerprint density at radius 1 is 1.42 bits per heavy atom. The topological polar surface area (TPSA) is 36.4 Å². The largest absolute Gasteiger partial charge is 0.331 e. The van der Waals surface area contributed by atoms with Crippen molar-refractivity contribution >= 4 is 28.7 Å². The minimum absolute atomic E-state index is 0.552. The number of hydrogen-bond donors (Lipinski definition) is 2. The molecule has 0 aromatic heterocycles. The Bertz CT molecular complexity index is 482. The Morgan fingerprint density at radius 3 is 3.00 bits per heavy atom. The van der Waals surface area contributed by atoms with Crippen molar-refractivity contribution in [1.29, 1.82) is 0 Å². The maximum atomic E-state index is 5.25. The van der Waals surface area contributed by atoms with Crippen LogP contribution < -0.4 is 10.7 Å². The average molecular weight is 275 g/mol. The number of thiocarbonyl (C=S) groups is 1. The number of hydrazone groups is 1. The first kappa shape index (κ1) is 14.0. The third kappa shape index (κ3) is 4.63. The van der Waals surface area contributed by atoms with Crippen LogP contribution in [0.2, 0.25) is 0 Å². The molecule has 1 atom stereocenters. The predicted molar refractivity (Wildman–Crippen MR) is 85.6 cm³/mol. The van der Waals surface area contributed by atoms with E-state index in [0.29, 0.717) is 5.11 Å². The standard InChI is InChI=1S/C15H21N3S/c1-11-5-3-7-13(9-11)16-15(19)18-17-14-8-4-6-12(2)10-14/h3,5,7,9,12H,4,6,8,10H2,1-2H3,(H2,16,18,19)/b17-14-/t12-/m1/s1. The minimum Gasteiger partial charge on any atom is -0.331 e. The van der Waals surface area contributed by atoms with Crippen LogP contribution in [-0.2, 0) is 0 Å². The summed E-state index contributed by atoms with van der Waals surface area (Å²) in [5, 5.41) is 8.11. The van der Waals surface area contributed by atoms with Crippen LogP contribution in [0.25, 0.3) is 0 Å². The van der Waals surface area contributed by atoms with Gasteiger partial charge < -0.3 is 5.32 Å². The van der Waals surface area contributed by atoms with Crippen molar-refractivity contribution in [3.63, 3.8) is 0 Å². The van der Waals surface area contributed by atoms with E-state index in [4.69, 9.17) is 12.2 Å². The van der Waals surface area contributed by atoms with E-state index >= 15 is 0 Å². The maximum absolute atomic E-state index is 5.25. The second kappa shape index (κ2) is 6.66. The second-order valence-corrected chi connectivity index (χ2v) is 5.72. The molecule has 0 radical (unpaired) electrons. The average Bonchev–Trinajstić information content (AvgIpc) is 2.36. The number of benzene rings is 1. The van der Waals surface area contributed by atoms with Gasteiger partial charge in [-0.3, -0.25) is 5.43 Å². The summed E-state index contributed by atoms with van der Waals surface area (Å²) in [6.45, 7) is 4.34. The van der Waals surface area contributed by atoms with Gasteiger partial charge in [-0.1, -0.05) is 19.1 Å². The maximum Gasteiger partial charge on any atom is 0.191 e. The molecule has 1 aliphatic carbocycles. The monoisotopic (exact) mass is 275 g/mol. The summed E-state index contributed by atoms with van der Waals surface area (Å²) < 4.78 is 0. The highest BCUT2D eigenvalue weighted by molar-refractivity contribution is 7.80. The fourth-order valence-electron chi connectivity index (χ4n) is 2.37. The van der Waals surface area contributed by atoms with Gasteiger partial charge in [0.15, 0.2) is 5.11 Å². The smallest absolute Gasteiger partial charge is 0.191 e. The zero-order chi connectivity index (χ0) is 13.7. The van der Waals surface area contributed by atoms with Crippen LogP contribution >= 0.6 is 12.2 Å². The van der Waals surface area contributed by atoms with Crippen molar-refractivity contribution in [3.8, 4) is 0 Å². The first-order valence-corrected chi connectivity index (χ1v) is 7.23. The van der Waals surface area contributed by atoms with E-state index < -0.39 is 0 Å². The minimum atomic E-state index is 0.552. The lowest BCUT2D eigenvalue weighted by atomic mass is 9.89. The Morgan fingerprint density at radius 2 is 2.26 bits per heavy atom. The lowest BCUT2D eigenvalue weighted by molar-refractivity contribution is 0.498. The molecule has 1 aromatic carbocycles. The van der Waals surface area contributed by atoms with Crippen molar-refractivity contribution in [2.75, 3.05) is 5.32 Å². The van der Waals surface area contributed by atoms with Crippen molar-refractivity contribution in [2.45, 2.75) is 39.5 Å². The van der Waals surface area contributed by atoms with Gasteiger partial charge in [0.05, 0.1) is 0 Å². The van der Waals surface area contributed by atoms with Crippen molar-refractivity contribution in [2.24, 2.45) is 11.0 Å². The fraction of sp³-hybridized carbons (Fsp3) is 0.467. The van der Waals surface area contributed by atoms with Crippen LogP contribution in [0.1, 0.15) is 38.2 Å². The van der Waals surface area contributed by atoms with Crippen LogP contribution in [0.3, 0.4) is 0 Å².